The third-order valence-electron chi connectivity index (χ3n) is 6.55. The van der Waals surface area contributed by atoms with Crippen molar-refractivity contribution in [3.05, 3.63) is 48.0 Å². The van der Waals surface area contributed by atoms with Crippen molar-refractivity contribution in [1.82, 2.24) is 0 Å². The zero-order valence-corrected chi connectivity index (χ0v) is 22.0. The lowest BCUT2D eigenvalue weighted by Gasteiger charge is -2.13. The van der Waals surface area contributed by atoms with Crippen molar-refractivity contribution in [2.24, 2.45) is 0 Å². The van der Waals surface area contributed by atoms with Gasteiger partial charge in [-0.3, -0.25) is 0 Å². The van der Waals surface area contributed by atoms with Crippen LogP contribution < -0.4 is 0 Å². The minimum absolute atomic E-state index is 0.368. The fourth-order valence-corrected chi connectivity index (χ4v) is 4.33. The van der Waals surface area contributed by atoms with Gasteiger partial charge in [-0.25, -0.2) is 4.79 Å². The van der Waals surface area contributed by atoms with Gasteiger partial charge in [-0.1, -0.05) is 139 Å². The molecule has 1 N–H and O–H groups in total. The minimum Gasteiger partial charge on any atom is -0.479 e. The molecule has 0 saturated heterocycles. The molecule has 34 heavy (non-hydrogen) atoms. The maximum absolute atomic E-state index is 11.4. The zero-order chi connectivity index (χ0) is 24.5. The molecule has 0 heterocycles. The van der Waals surface area contributed by atoms with E-state index in [1.165, 1.54) is 103 Å². The second-order valence-electron chi connectivity index (χ2n) is 9.76. The van der Waals surface area contributed by atoms with Gasteiger partial charge in [-0.15, -0.1) is 0 Å². The molecule has 0 amide bonds. The van der Waals surface area contributed by atoms with Gasteiger partial charge in [0.2, 0.25) is 0 Å². The molecule has 1 aromatic rings. The fraction of sp³-hybridized carbons (Fsp3) is 0.710. The normalized spacial score (nSPS) is 12.4. The first kappa shape index (κ1) is 30.4. The third kappa shape index (κ3) is 18.8. The van der Waals surface area contributed by atoms with E-state index in [9.17, 15) is 9.90 Å². The van der Waals surface area contributed by atoms with Crippen molar-refractivity contribution >= 4 is 5.97 Å². The van der Waals surface area contributed by atoms with Crippen molar-refractivity contribution in [2.75, 3.05) is 0 Å². The Bertz CT molecular complexity index is 596. The average molecular weight is 473 g/mol. The maximum Gasteiger partial charge on any atom is 0.332 e. The molecule has 0 radical (unpaired) electrons. The number of carbonyl (C=O) groups is 1. The van der Waals surface area contributed by atoms with Gasteiger partial charge in [-0.05, 0) is 37.7 Å². The summed E-state index contributed by atoms with van der Waals surface area (Å²) in [5.41, 5.74) is 1.02. The summed E-state index contributed by atoms with van der Waals surface area (Å²) in [5, 5.41) is 9.38. The van der Waals surface area contributed by atoms with Crippen molar-refractivity contribution in [3.8, 4) is 0 Å². The van der Waals surface area contributed by atoms with E-state index >= 15 is 0 Å². The second kappa shape index (κ2) is 23.1. The van der Waals surface area contributed by atoms with E-state index < -0.39 is 12.1 Å². The number of allylic oxidation sites excluding steroid dienone is 2. The summed E-state index contributed by atoms with van der Waals surface area (Å²) < 4.78 is 5.63. The van der Waals surface area contributed by atoms with Crippen molar-refractivity contribution in [2.45, 2.75) is 142 Å². The van der Waals surface area contributed by atoms with Crippen LogP contribution in [0.25, 0.3) is 0 Å². The summed E-state index contributed by atoms with van der Waals surface area (Å²) >= 11 is 0. The number of benzene rings is 1. The zero-order valence-electron chi connectivity index (χ0n) is 22.0. The van der Waals surface area contributed by atoms with Crippen LogP contribution >= 0.6 is 0 Å². The molecule has 0 aliphatic heterocycles. The van der Waals surface area contributed by atoms with Crippen molar-refractivity contribution in [3.63, 3.8) is 0 Å². The summed E-state index contributed by atoms with van der Waals surface area (Å²) in [6, 6.07) is 9.78. The van der Waals surface area contributed by atoms with E-state index in [0.717, 1.165) is 18.4 Å². The molecule has 0 aliphatic rings. The number of carboxylic acid groups (broad SMARTS) is 1. The molecule has 1 atom stereocenters. The molecule has 1 aromatic carbocycles. The lowest BCUT2D eigenvalue weighted by molar-refractivity contribution is -0.151. The summed E-state index contributed by atoms with van der Waals surface area (Å²) in [4.78, 5) is 11.4. The summed E-state index contributed by atoms with van der Waals surface area (Å²) in [6.07, 6.45) is 28.1. The topological polar surface area (TPSA) is 46.5 Å². The molecule has 0 spiro atoms. The van der Waals surface area contributed by atoms with Crippen LogP contribution in [0.3, 0.4) is 0 Å². The molecule has 0 bridgehead atoms. The van der Waals surface area contributed by atoms with Crippen LogP contribution in [0, 0.1) is 0 Å². The number of hydrogen-bond acceptors (Lipinski definition) is 2. The molecule has 0 fully saturated rings. The van der Waals surface area contributed by atoms with E-state index in [-0.39, 0.29) is 0 Å². The molecule has 0 saturated carbocycles. The average Bonchev–Trinajstić information content (AvgIpc) is 2.85. The van der Waals surface area contributed by atoms with E-state index in [1.54, 1.807) is 0 Å². The number of hydrogen-bond donors (Lipinski definition) is 1. The van der Waals surface area contributed by atoms with Crippen LogP contribution in [0.1, 0.15) is 134 Å². The van der Waals surface area contributed by atoms with Crippen LogP contribution in [-0.4, -0.2) is 17.2 Å². The van der Waals surface area contributed by atoms with E-state index in [4.69, 9.17) is 4.74 Å². The second-order valence-corrected chi connectivity index (χ2v) is 9.76. The maximum atomic E-state index is 11.4. The van der Waals surface area contributed by atoms with E-state index in [2.05, 4.69) is 19.1 Å². The highest BCUT2D eigenvalue weighted by Gasteiger charge is 2.17. The Balaban J connectivity index is 1.84. The van der Waals surface area contributed by atoms with Crippen LogP contribution in [0.2, 0.25) is 0 Å². The Kier molecular flexibility index (Phi) is 20.7. The van der Waals surface area contributed by atoms with Gasteiger partial charge in [0.1, 0.15) is 0 Å². The molecule has 0 aromatic heterocycles. The highest BCUT2D eigenvalue weighted by Crippen LogP contribution is 2.15. The summed E-state index contributed by atoms with van der Waals surface area (Å²) in [5.74, 6) is -0.843. The lowest BCUT2D eigenvalue weighted by Crippen LogP contribution is -2.23. The SMILES string of the molecule is CCCCCCCC/C=C\CCCCCCCCCCCC[C@@H](OCc1ccccc1)C(=O)O. The number of carboxylic acids is 1. The van der Waals surface area contributed by atoms with Gasteiger partial charge in [0, 0.05) is 0 Å². The highest BCUT2D eigenvalue weighted by atomic mass is 16.5. The molecular formula is C31H52O3. The Labute approximate surface area is 210 Å². The molecule has 194 valence electrons. The van der Waals surface area contributed by atoms with Gasteiger partial charge in [0.05, 0.1) is 6.61 Å². The van der Waals surface area contributed by atoms with Gasteiger partial charge in [-0.2, -0.15) is 0 Å². The van der Waals surface area contributed by atoms with E-state index in [1.807, 2.05) is 30.3 Å². The number of rotatable bonds is 24. The smallest absolute Gasteiger partial charge is 0.332 e. The van der Waals surface area contributed by atoms with Crippen LogP contribution in [0.4, 0.5) is 0 Å². The number of aliphatic carboxylic acids is 1. The Morgan fingerprint density at radius 2 is 1.21 bits per heavy atom. The monoisotopic (exact) mass is 472 g/mol. The molecule has 0 aliphatic carbocycles. The standard InChI is InChI=1S/C31H52O3/c1-2-3-4-5-6-7-8-9-10-11-12-13-14-15-16-17-18-19-20-24-27-30(31(32)33)34-28-29-25-22-21-23-26-29/h9-10,21-23,25-26,30H,2-8,11-20,24,27-28H2,1H3,(H,32,33)/b10-9-/t30-/m1/s1. The summed E-state index contributed by atoms with van der Waals surface area (Å²) in [7, 11) is 0. The largest absolute Gasteiger partial charge is 0.479 e. The summed E-state index contributed by atoms with van der Waals surface area (Å²) in [6.45, 7) is 2.64. The van der Waals surface area contributed by atoms with Gasteiger partial charge in [0.25, 0.3) is 0 Å². The first-order chi connectivity index (χ1) is 16.7. The minimum atomic E-state index is -0.843. The Morgan fingerprint density at radius 1 is 0.735 bits per heavy atom. The number of unbranched alkanes of at least 4 members (excludes halogenated alkanes) is 16. The highest BCUT2D eigenvalue weighted by molar-refractivity contribution is 5.72. The van der Waals surface area contributed by atoms with Gasteiger partial charge < -0.3 is 9.84 Å². The molecule has 3 nitrogen and oxygen atoms in total. The molecule has 3 heteroatoms. The number of ether oxygens (including phenoxy) is 1. The lowest BCUT2D eigenvalue weighted by atomic mass is 10.0. The fourth-order valence-electron chi connectivity index (χ4n) is 4.33. The quantitative estimate of drug-likeness (QED) is 0.120. The van der Waals surface area contributed by atoms with Gasteiger partial charge >= 0.3 is 5.97 Å². The Hall–Kier alpha value is -1.61. The Morgan fingerprint density at radius 3 is 1.71 bits per heavy atom. The molecular weight excluding hydrogens is 420 g/mol. The third-order valence-corrected chi connectivity index (χ3v) is 6.55. The molecule has 1 rings (SSSR count). The van der Waals surface area contributed by atoms with Crippen LogP contribution in [0.15, 0.2) is 42.5 Å². The van der Waals surface area contributed by atoms with E-state index in [0.29, 0.717) is 13.0 Å². The van der Waals surface area contributed by atoms with Crippen LogP contribution in [0.5, 0.6) is 0 Å². The molecule has 0 unspecified atom stereocenters. The predicted molar refractivity (Wildman–Crippen MR) is 145 cm³/mol. The van der Waals surface area contributed by atoms with Crippen LogP contribution in [-0.2, 0) is 16.1 Å². The first-order valence-electron chi connectivity index (χ1n) is 14.3. The van der Waals surface area contributed by atoms with Crippen molar-refractivity contribution in [1.29, 1.82) is 0 Å². The first-order valence-corrected chi connectivity index (χ1v) is 14.3. The van der Waals surface area contributed by atoms with Gasteiger partial charge in [0.15, 0.2) is 6.10 Å². The predicted octanol–water partition coefficient (Wildman–Crippen LogP) is 9.64. The van der Waals surface area contributed by atoms with Crippen molar-refractivity contribution < 1.29 is 14.6 Å².